The van der Waals surface area contributed by atoms with Crippen LogP contribution in [0.1, 0.15) is 20.7 Å². The average Bonchev–Trinajstić information content (AvgIpc) is 2.85. The first kappa shape index (κ1) is 22.9. The molecule has 0 aliphatic heterocycles. The number of hydrogen-bond acceptors (Lipinski definition) is 9. The molecule has 0 spiro atoms. The third kappa shape index (κ3) is 5.88. The van der Waals surface area contributed by atoms with E-state index in [2.05, 4.69) is 15.7 Å². The number of non-ortho nitro benzene ring substituents is 1. The summed E-state index contributed by atoms with van der Waals surface area (Å²) in [7, 11) is 2.95. The van der Waals surface area contributed by atoms with Gasteiger partial charge in [0, 0.05) is 12.1 Å². The Bertz CT molecular complexity index is 1210. The lowest BCUT2D eigenvalue weighted by Crippen LogP contribution is -2.11. The zero-order chi connectivity index (χ0) is 23.8. The summed E-state index contributed by atoms with van der Waals surface area (Å²) in [6.45, 7) is 0. The van der Waals surface area contributed by atoms with Crippen LogP contribution in [-0.2, 0) is 4.84 Å². The zero-order valence-electron chi connectivity index (χ0n) is 17.6. The number of anilines is 1. The maximum absolute atomic E-state index is 12.2. The third-order valence-corrected chi connectivity index (χ3v) is 4.31. The van der Waals surface area contributed by atoms with E-state index < -0.39 is 16.8 Å². The number of nitrogens with one attached hydrogen (secondary N) is 1. The maximum Gasteiger partial charge on any atom is 0.362 e. The van der Waals surface area contributed by atoms with Gasteiger partial charge in [0.25, 0.3) is 11.6 Å². The van der Waals surface area contributed by atoms with Crippen molar-refractivity contribution in [2.75, 3.05) is 19.7 Å². The molecule has 11 heteroatoms. The van der Waals surface area contributed by atoms with Gasteiger partial charge in [-0.25, -0.2) is 10.3 Å². The van der Waals surface area contributed by atoms with E-state index in [-0.39, 0.29) is 16.8 Å². The van der Waals surface area contributed by atoms with Gasteiger partial charge in [0.15, 0.2) is 11.5 Å². The van der Waals surface area contributed by atoms with Crippen LogP contribution in [0.4, 0.5) is 17.1 Å². The molecule has 0 saturated heterocycles. The molecule has 168 valence electrons. The number of ether oxygens (including phenoxy) is 2. The molecule has 3 rings (SSSR count). The molecule has 0 aliphatic rings. The van der Waals surface area contributed by atoms with Gasteiger partial charge in [-0.15, -0.1) is 10.2 Å². The Morgan fingerprint density at radius 2 is 1.64 bits per heavy atom. The molecule has 0 radical (unpaired) electrons. The van der Waals surface area contributed by atoms with Gasteiger partial charge in [0.05, 0.1) is 41.6 Å². The maximum atomic E-state index is 12.2. The van der Waals surface area contributed by atoms with E-state index in [1.807, 2.05) is 0 Å². The number of carbonyl (C=O) groups is 2. The highest BCUT2D eigenvalue weighted by Gasteiger charge is 2.13. The number of amides is 1. The van der Waals surface area contributed by atoms with Gasteiger partial charge in [0.1, 0.15) is 0 Å². The Morgan fingerprint density at radius 1 is 0.909 bits per heavy atom. The summed E-state index contributed by atoms with van der Waals surface area (Å²) in [4.78, 5) is 39.6. The SMILES string of the molecule is COc1ccc(C(=O)ONc2ccc(N=NC(=O)c3cccc([N+](=O)[O-])c3)cc2)cc1OC. The van der Waals surface area contributed by atoms with Crippen LogP contribution in [0.15, 0.2) is 77.0 Å². The van der Waals surface area contributed by atoms with E-state index in [0.717, 1.165) is 6.07 Å². The summed E-state index contributed by atoms with van der Waals surface area (Å²) in [5, 5.41) is 18.2. The fraction of sp³-hybridized carbons (Fsp3) is 0.0909. The van der Waals surface area contributed by atoms with Gasteiger partial charge in [-0.05, 0) is 48.5 Å². The number of methoxy groups -OCH3 is 2. The molecule has 0 aromatic heterocycles. The number of nitro groups is 1. The van der Waals surface area contributed by atoms with Crippen molar-refractivity contribution in [3.63, 3.8) is 0 Å². The Labute approximate surface area is 187 Å². The third-order valence-electron chi connectivity index (χ3n) is 4.31. The Kier molecular flexibility index (Phi) is 7.27. The molecule has 11 nitrogen and oxygen atoms in total. The molecule has 1 N–H and O–H groups in total. The molecule has 3 aromatic carbocycles. The smallest absolute Gasteiger partial charge is 0.362 e. The normalized spacial score (nSPS) is 10.5. The summed E-state index contributed by atoms with van der Waals surface area (Å²) in [6.07, 6.45) is 0. The lowest BCUT2D eigenvalue weighted by molar-refractivity contribution is -0.384. The first-order chi connectivity index (χ1) is 15.9. The highest BCUT2D eigenvalue weighted by molar-refractivity contribution is 5.95. The van der Waals surface area contributed by atoms with E-state index in [0.29, 0.717) is 22.9 Å². The first-order valence-corrected chi connectivity index (χ1v) is 9.41. The van der Waals surface area contributed by atoms with Crippen LogP contribution < -0.4 is 15.0 Å². The Hall–Kier alpha value is -4.80. The molecule has 0 aliphatic carbocycles. The van der Waals surface area contributed by atoms with Crippen molar-refractivity contribution in [1.29, 1.82) is 0 Å². The largest absolute Gasteiger partial charge is 0.493 e. The molecule has 0 heterocycles. The molecule has 0 unspecified atom stereocenters. The molecule has 3 aromatic rings. The van der Waals surface area contributed by atoms with E-state index >= 15 is 0 Å². The van der Waals surface area contributed by atoms with Crippen molar-refractivity contribution in [2.24, 2.45) is 10.2 Å². The van der Waals surface area contributed by atoms with Crippen LogP contribution in [0.3, 0.4) is 0 Å². The van der Waals surface area contributed by atoms with Crippen molar-refractivity contribution >= 4 is 28.9 Å². The topological polar surface area (TPSA) is 142 Å². The highest BCUT2D eigenvalue weighted by atomic mass is 16.7. The molecule has 1 amide bonds. The number of benzene rings is 3. The number of nitro benzene ring substituents is 1. The van der Waals surface area contributed by atoms with E-state index in [1.54, 1.807) is 18.2 Å². The number of carbonyl (C=O) groups excluding carboxylic acids is 2. The van der Waals surface area contributed by atoms with Crippen molar-refractivity contribution in [3.8, 4) is 11.5 Å². The standard InChI is InChI=1S/C22H18N4O7/c1-31-19-11-6-15(13-20(19)32-2)22(28)33-25-17-9-7-16(8-10-17)23-24-21(27)14-4-3-5-18(12-14)26(29)30/h3-13,25H,1-2H3. The second-order valence-corrected chi connectivity index (χ2v) is 6.42. The minimum atomic E-state index is -0.718. The fourth-order valence-electron chi connectivity index (χ4n) is 2.64. The van der Waals surface area contributed by atoms with Crippen LogP contribution in [-0.4, -0.2) is 31.0 Å². The molecule has 0 saturated carbocycles. The van der Waals surface area contributed by atoms with Crippen LogP contribution >= 0.6 is 0 Å². The lowest BCUT2D eigenvalue weighted by Gasteiger charge is -2.10. The summed E-state index contributed by atoms with van der Waals surface area (Å²) < 4.78 is 10.3. The second-order valence-electron chi connectivity index (χ2n) is 6.42. The van der Waals surface area contributed by atoms with E-state index in [1.165, 1.54) is 56.7 Å². The Morgan fingerprint density at radius 3 is 2.30 bits per heavy atom. The zero-order valence-corrected chi connectivity index (χ0v) is 17.6. The predicted octanol–water partition coefficient (Wildman–Crippen LogP) is 4.72. The van der Waals surface area contributed by atoms with Crippen LogP contribution in [0, 0.1) is 10.1 Å². The number of rotatable bonds is 8. The van der Waals surface area contributed by atoms with Gasteiger partial charge in [0.2, 0.25) is 0 Å². The van der Waals surface area contributed by atoms with Crippen molar-refractivity contribution in [1.82, 2.24) is 0 Å². The minimum Gasteiger partial charge on any atom is -0.493 e. The number of nitrogens with zero attached hydrogens (tertiary/aromatic N) is 3. The predicted molar refractivity (Wildman–Crippen MR) is 117 cm³/mol. The average molecular weight is 450 g/mol. The van der Waals surface area contributed by atoms with Crippen molar-refractivity contribution in [3.05, 3.63) is 88.0 Å². The fourth-order valence-corrected chi connectivity index (χ4v) is 2.64. The molecule has 0 atom stereocenters. The first-order valence-electron chi connectivity index (χ1n) is 9.41. The van der Waals surface area contributed by atoms with Crippen LogP contribution in [0.2, 0.25) is 0 Å². The van der Waals surface area contributed by atoms with Crippen molar-refractivity contribution in [2.45, 2.75) is 0 Å². The monoisotopic (exact) mass is 450 g/mol. The van der Waals surface area contributed by atoms with Gasteiger partial charge in [-0.2, -0.15) is 0 Å². The molecule has 0 fully saturated rings. The van der Waals surface area contributed by atoms with E-state index in [9.17, 15) is 19.7 Å². The Balaban J connectivity index is 1.59. The molecule has 33 heavy (non-hydrogen) atoms. The van der Waals surface area contributed by atoms with Gasteiger partial charge in [-0.1, -0.05) is 6.07 Å². The van der Waals surface area contributed by atoms with Crippen LogP contribution in [0.25, 0.3) is 0 Å². The van der Waals surface area contributed by atoms with Crippen LogP contribution in [0.5, 0.6) is 11.5 Å². The second kappa shape index (κ2) is 10.5. The van der Waals surface area contributed by atoms with Gasteiger partial charge >= 0.3 is 5.97 Å². The summed E-state index contributed by atoms with van der Waals surface area (Å²) in [6, 6.07) is 16.0. The number of azo groups is 1. The molecular formula is C22H18N4O7. The molecule has 0 bridgehead atoms. The summed E-state index contributed by atoms with van der Waals surface area (Å²) in [5.74, 6) is -0.482. The molecular weight excluding hydrogens is 432 g/mol. The minimum absolute atomic E-state index is 0.0494. The van der Waals surface area contributed by atoms with Gasteiger partial charge < -0.3 is 14.3 Å². The summed E-state index contributed by atoms with van der Waals surface area (Å²) >= 11 is 0. The quantitative estimate of drug-likeness (QED) is 0.295. The number of hydrogen-bond donors (Lipinski definition) is 1. The van der Waals surface area contributed by atoms with Crippen molar-refractivity contribution < 1.29 is 28.8 Å². The van der Waals surface area contributed by atoms with Gasteiger partial charge in [-0.3, -0.25) is 14.9 Å². The lowest BCUT2D eigenvalue weighted by atomic mass is 10.2. The van der Waals surface area contributed by atoms with E-state index in [4.69, 9.17) is 14.3 Å². The highest BCUT2D eigenvalue weighted by Crippen LogP contribution is 2.28. The summed E-state index contributed by atoms with van der Waals surface area (Å²) in [5.41, 5.74) is 3.41.